The molecule has 1 heterocycles. The van der Waals surface area contributed by atoms with Crippen molar-refractivity contribution in [3.05, 3.63) is 29.8 Å². The molecule has 0 spiro atoms. The summed E-state index contributed by atoms with van der Waals surface area (Å²) in [6, 6.07) is 7.59. The smallest absolute Gasteiger partial charge is 0.256 e. The van der Waals surface area contributed by atoms with Crippen LogP contribution in [0.5, 0.6) is 0 Å². The molecule has 1 atom stereocenters. The molecule has 1 aliphatic heterocycles. The summed E-state index contributed by atoms with van der Waals surface area (Å²) in [6.45, 7) is 6.13. The molecule has 5 heteroatoms. The lowest BCUT2D eigenvalue weighted by Crippen LogP contribution is -2.54. The number of amides is 1. The number of nitrogens with zero attached hydrogens (tertiary/aromatic N) is 2. The zero-order valence-corrected chi connectivity index (χ0v) is 12.2. The van der Waals surface area contributed by atoms with Crippen LogP contribution in [0.15, 0.2) is 24.3 Å². The number of methoxy groups -OCH3 is 1. The first-order chi connectivity index (χ1) is 9.63. The van der Waals surface area contributed by atoms with E-state index in [1.807, 2.05) is 17.0 Å². The van der Waals surface area contributed by atoms with Crippen LogP contribution in [0, 0.1) is 0 Å². The predicted octanol–water partition coefficient (Wildman–Crippen LogP) is 1.06. The lowest BCUT2D eigenvalue weighted by Gasteiger charge is -2.39. The first-order valence-corrected chi connectivity index (χ1v) is 7.00. The minimum atomic E-state index is 0.0290. The van der Waals surface area contributed by atoms with Gasteiger partial charge in [-0.25, -0.2) is 0 Å². The Bertz CT molecular complexity index is 464. The Hall–Kier alpha value is -1.59. The molecule has 1 saturated heterocycles. The Labute approximate surface area is 120 Å². The molecule has 0 radical (unpaired) electrons. The van der Waals surface area contributed by atoms with Crippen molar-refractivity contribution in [2.45, 2.75) is 13.0 Å². The topological polar surface area (TPSA) is 58.8 Å². The lowest BCUT2D eigenvalue weighted by molar-refractivity contribution is 0.0435. The number of para-hydroxylation sites is 1. The van der Waals surface area contributed by atoms with Gasteiger partial charge >= 0.3 is 0 Å². The van der Waals surface area contributed by atoms with E-state index in [1.54, 1.807) is 19.2 Å². The summed E-state index contributed by atoms with van der Waals surface area (Å²) < 4.78 is 5.11. The van der Waals surface area contributed by atoms with Gasteiger partial charge in [0.25, 0.3) is 5.91 Å². The van der Waals surface area contributed by atoms with E-state index in [0.29, 0.717) is 17.3 Å². The second kappa shape index (κ2) is 6.72. The summed E-state index contributed by atoms with van der Waals surface area (Å²) in [4.78, 5) is 16.7. The summed E-state index contributed by atoms with van der Waals surface area (Å²) in [5, 5.41) is 0. The van der Waals surface area contributed by atoms with Crippen molar-refractivity contribution >= 4 is 11.6 Å². The maximum atomic E-state index is 12.5. The molecule has 1 amide bonds. The number of carbonyl (C=O) groups excluding carboxylic acids is 1. The van der Waals surface area contributed by atoms with Crippen LogP contribution in [0.1, 0.15) is 17.3 Å². The Morgan fingerprint density at radius 1 is 1.40 bits per heavy atom. The quantitative estimate of drug-likeness (QED) is 0.836. The minimum Gasteiger partial charge on any atom is -0.398 e. The fourth-order valence-corrected chi connectivity index (χ4v) is 2.58. The van der Waals surface area contributed by atoms with Gasteiger partial charge in [-0.1, -0.05) is 12.1 Å². The first-order valence-electron chi connectivity index (χ1n) is 7.00. The van der Waals surface area contributed by atoms with Gasteiger partial charge in [0.05, 0.1) is 12.2 Å². The first kappa shape index (κ1) is 14.8. The standard InChI is InChI=1S/C15H23N3O2/c1-12-11-18(8-7-17(12)9-10-20-2)15(19)13-5-3-4-6-14(13)16/h3-6,12H,7-11,16H2,1-2H3. The highest BCUT2D eigenvalue weighted by molar-refractivity contribution is 5.99. The molecule has 5 nitrogen and oxygen atoms in total. The SMILES string of the molecule is COCCN1CCN(C(=O)c2ccccc2N)CC1C. The van der Waals surface area contributed by atoms with E-state index in [9.17, 15) is 4.79 Å². The van der Waals surface area contributed by atoms with Crippen molar-refractivity contribution in [2.24, 2.45) is 0 Å². The fourth-order valence-electron chi connectivity index (χ4n) is 2.58. The van der Waals surface area contributed by atoms with Gasteiger partial charge in [-0.15, -0.1) is 0 Å². The Morgan fingerprint density at radius 3 is 2.80 bits per heavy atom. The van der Waals surface area contributed by atoms with E-state index < -0.39 is 0 Å². The largest absolute Gasteiger partial charge is 0.398 e. The third-order valence-corrected chi connectivity index (χ3v) is 3.83. The van der Waals surface area contributed by atoms with Crippen LogP contribution in [0.2, 0.25) is 0 Å². The molecule has 110 valence electrons. The predicted molar refractivity (Wildman–Crippen MR) is 79.7 cm³/mol. The number of carbonyl (C=O) groups is 1. The summed E-state index contributed by atoms with van der Waals surface area (Å²) in [5.41, 5.74) is 7.03. The molecule has 1 aromatic carbocycles. The van der Waals surface area contributed by atoms with Gasteiger partial charge in [0.1, 0.15) is 0 Å². The van der Waals surface area contributed by atoms with Gasteiger partial charge in [0.15, 0.2) is 0 Å². The summed E-state index contributed by atoms with van der Waals surface area (Å²) in [7, 11) is 1.71. The van der Waals surface area contributed by atoms with Crippen molar-refractivity contribution in [2.75, 3.05) is 45.6 Å². The number of nitrogen functional groups attached to an aromatic ring is 1. The van der Waals surface area contributed by atoms with Crippen LogP contribution in [0.4, 0.5) is 5.69 Å². The van der Waals surface area contributed by atoms with Gasteiger partial charge in [0.2, 0.25) is 0 Å². The molecule has 0 aliphatic carbocycles. The van der Waals surface area contributed by atoms with E-state index in [2.05, 4.69) is 11.8 Å². The molecular formula is C15H23N3O2. The van der Waals surface area contributed by atoms with Crippen LogP contribution in [0.25, 0.3) is 0 Å². The zero-order valence-electron chi connectivity index (χ0n) is 12.2. The highest BCUT2D eigenvalue weighted by Gasteiger charge is 2.27. The molecule has 0 aromatic heterocycles. The van der Waals surface area contributed by atoms with Crippen LogP contribution in [-0.4, -0.2) is 61.6 Å². The third-order valence-electron chi connectivity index (χ3n) is 3.83. The third kappa shape index (κ3) is 3.29. The number of anilines is 1. The molecule has 2 N–H and O–H groups in total. The molecule has 0 saturated carbocycles. The number of ether oxygens (including phenoxy) is 1. The zero-order chi connectivity index (χ0) is 14.5. The number of hydrogen-bond donors (Lipinski definition) is 1. The molecule has 0 bridgehead atoms. The van der Waals surface area contributed by atoms with Gasteiger partial charge in [0, 0.05) is 45.0 Å². The second-order valence-electron chi connectivity index (χ2n) is 5.22. The maximum absolute atomic E-state index is 12.5. The van der Waals surface area contributed by atoms with Crippen molar-refractivity contribution in [3.8, 4) is 0 Å². The monoisotopic (exact) mass is 277 g/mol. The number of rotatable bonds is 4. The molecule has 20 heavy (non-hydrogen) atoms. The second-order valence-corrected chi connectivity index (χ2v) is 5.22. The molecule has 1 aromatic rings. The highest BCUT2D eigenvalue weighted by atomic mass is 16.5. The van der Waals surface area contributed by atoms with Gasteiger partial charge in [-0.05, 0) is 19.1 Å². The highest BCUT2D eigenvalue weighted by Crippen LogP contribution is 2.17. The Morgan fingerprint density at radius 2 is 2.15 bits per heavy atom. The molecule has 1 fully saturated rings. The molecule has 2 rings (SSSR count). The number of nitrogens with two attached hydrogens (primary N) is 1. The van der Waals surface area contributed by atoms with Crippen molar-refractivity contribution < 1.29 is 9.53 Å². The molecular weight excluding hydrogens is 254 g/mol. The number of benzene rings is 1. The molecule has 1 unspecified atom stereocenters. The van der Waals surface area contributed by atoms with Crippen LogP contribution < -0.4 is 5.73 Å². The van der Waals surface area contributed by atoms with Gasteiger partial charge in [-0.2, -0.15) is 0 Å². The number of piperazine rings is 1. The Kier molecular flexibility index (Phi) is 4.98. The van der Waals surface area contributed by atoms with E-state index in [0.717, 1.165) is 32.8 Å². The van der Waals surface area contributed by atoms with E-state index in [4.69, 9.17) is 10.5 Å². The Balaban J connectivity index is 1.99. The van der Waals surface area contributed by atoms with Gasteiger partial charge < -0.3 is 15.4 Å². The van der Waals surface area contributed by atoms with Crippen LogP contribution in [-0.2, 0) is 4.74 Å². The van der Waals surface area contributed by atoms with Crippen LogP contribution in [0.3, 0.4) is 0 Å². The minimum absolute atomic E-state index is 0.0290. The average molecular weight is 277 g/mol. The normalized spacial score (nSPS) is 20.1. The van der Waals surface area contributed by atoms with E-state index >= 15 is 0 Å². The summed E-state index contributed by atoms with van der Waals surface area (Å²) >= 11 is 0. The fraction of sp³-hybridized carbons (Fsp3) is 0.533. The summed E-state index contributed by atoms with van der Waals surface area (Å²) in [6.07, 6.45) is 0. The number of hydrogen-bond acceptors (Lipinski definition) is 4. The van der Waals surface area contributed by atoms with Crippen molar-refractivity contribution in [3.63, 3.8) is 0 Å². The maximum Gasteiger partial charge on any atom is 0.256 e. The van der Waals surface area contributed by atoms with Crippen LogP contribution >= 0.6 is 0 Å². The van der Waals surface area contributed by atoms with E-state index in [-0.39, 0.29) is 5.91 Å². The molecule has 1 aliphatic rings. The summed E-state index contributed by atoms with van der Waals surface area (Å²) in [5.74, 6) is 0.0290. The van der Waals surface area contributed by atoms with E-state index in [1.165, 1.54) is 0 Å². The average Bonchev–Trinajstić information content (AvgIpc) is 2.46. The van der Waals surface area contributed by atoms with Crippen molar-refractivity contribution in [1.82, 2.24) is 9.80 Å². The lowest BCUT2D eigenvalue weighted by atomic mass is 10.1. The van der Waals surface area contributed by atoms with Crippen molar-refractivity contribution in [1.29, 1.82) is 0 Å². The van der Waals surface area contributed by atoms with Gasteiger partial charge in [-0.3, -0.25) is 9.69 Å².